The molecule has 0 aliphatic rings. The van der Waals surface area contributed by atoms with E-state index < -0.39 is 11.7 Å². The molecular formula is C15H20F3NO2. The van der Waals surface area contributed by atoms with Gasteiger partial charge in [-0.15, -0.1) is 0 Å². The summed E-state index contributed by atoms with van der Waals surface area (Å²) in [6.07, 6.45) is -2.91. The van der Waals surface area contributed by atoms with E-state index in [4.69, 9.17) is 4.74 Å². The number of methoxy groups -OCH3 is 1. The van der Waals surface area contributed by atoms with Crippen LogP contribution in [0.2, 0.25) is 0 Å². The lowest BCUT2D eigenvalue weighted by atomic mass is 10.1. The average Bonchev–Trinajstić information content (AvgIpc) is 2.44. The number of ether oxygens (including phenoxy) is 1. The highest BCUT2D eigenvalue weighted by molar-refractivity contribution is 5.76. The van der Waals surface area contributed by atoms with Gasteiger partial charge in [-0.2, -0.15) is 13.2 Å². The zero-order chi connectivity index (χ0) is 15.9. The Kier molecular flexibility index (Phi) is 6.68. The van der Waals surface area contributed by atoms with E-state index in [9.17, 15) is 18.0 Å². The molecule has 0 bridgehead atoms. The van der Waals surface area contributed by atoms with E-state index in [-0.39, 0.29) is 18.4 Å². The first-order valence-corrected chi connectivity index (χ1v) is 6.81. The molecule has 0 fully saturated rings. The average molecular weight is 303 g/mol. The van der Waals surface area contributed by atoms with Crippen molar-refractivity contribution in [2.24, 2.45) is 0 Å². The molecule has 1 rings (SSSR count). The second-order valence-electron chi connectivity index (χ2n) is 4.82. The van der Waals surface area contributed by atoms with Gasteiger partial charge in [-0.3, -0.25) is 4.79 Å². The van der Waals surface area contributed by atoms with Crippen LogP contribution in [0.15, 0.2) is 24.3 Å². The van der Waals surface area contributed by atoms with Crippen molar-refractivity contribution in [3.63, 3.8) is 0 Å². The second kappa shape index (κ2) is 8.02. The van der Waals surface area contributed by atoms with E-state index >= 15 is 0 Å². The Hall–Kier alpha value is -1.56. The van der Waals surface area contributed by atoms with E-state index in [1.807, 2.05) is 6.92 Å². The van der Waals surface area contributed by atoms with E-state index in [1.54, 1.807) is 7.11 Å². The zero-order valence-corrected chi connectivity index (χ0v) is 12.2. The molecule has 1 amide bonds. The van der Waals surface area contributed by atoms with Crippen LogP contribution in [0.5, 0.6) is 0 Å². The molecule has 118 valence electrons. The molecule has 0 saturated heterocycles. The summed E-state index contributed by atoms with van der Waals surface area (Å²) in [7, 11) is 1.57. The first-order valence-electron chi connectivity index (χ1n) is 6.81. The highest BCUT2D eigenvalue weighted by Crippen LogP contribution is 2.29. The topological polar surface area (TPSA) is 38.3 Å². The van der Waals surface area contributed by atoms with Crippen molar-refractivity contribution in [1.29, 1.82) is 0 Å². The van der Waals surface area contributed by atoms with E-state index in [1.165, 1.54) is 12.1 Å². The Bertz CT molecular complexity index is 443. The fourth-order valence-electron chi connectivity index (χ4n) is 1.88. The quantitative estimate of drug-likeness (QED) is 0.840. The van der Waals surface area contributed by atoms with Crippen LogP contribution >= 0.6 is 0 Å². The van der Waals surface area contributed by atoms with Gasteiger partial charge >= 0.3 is 6.18 Å². The molecule has 3 nitrogen and oxygen atoms in total. The molecule has 1 atom stereocenters. The molecule has 0 saturated carbocycles. The maximum absolute atomic E-state index is 12.4. The van der Waals surface area contributed by atoms with Gasteiger partial charge < -0.3 is 10.1 Å². The number of aryl methyl sites for hydroxylation is 1. The number of alkyl halides is 3. The van der Waals surface area contributed by atoms with Crippen LogP contribution in [0.3, 0.4) is 0 Å². The molecule has 0 spiro atoms. The fourth-order valence-corrected chi connectivity index (χ4v) is 1.88. The van der Waals surface area contributed by atoms with Gasteiger partial charge in [-0.05, 0) is 30.5 Å². The van der Waals surface area contributed by atoms with Gasteiger partial charge in [-0.25, -0.2) is 0 Å². The number of benzene rings is 1. The third-order valence-corrected chi connectivity index (χ3v) is 3.15. The molecule has 1 aromatic carbocycles. The molecule has 1 aromatic rings. The predicted molar refractivity (Wildman–Crippen MR) is 73.9 cm³/mol. The standard InChI is InChI=1S/C15H20F3NO2/c1-3-13(10-21-2)19-14(20)9-6-11-4-7-12(8-5-11)15(16,17)18/h4-5,7-8,13H,3,6,9-10H2,1-2H3,(H,19,20)/t13-/m0/s1. The van der Waals surface area contributed by atoms with Gasteiger partial charge in [0, 0.05) is 13.5 Å². The largest absolute Gasteiger partial charge is 0.416 e. The maximum Gasteiger partial charge on any atom is 0.416 e. The lowest BCUT2D eigenvalue weighted by Crippen LogP contribution is -2.37. The molecule has 0 radical (unpaired) electrons. The number of hydrogen-bond donors (Lipinski definition) is 1. The summed E-state index contributed by atoms with van der Waals surface area (Å²) in [4.78, 5) is 11.7. The summed E-state index contributed by atoms with van der Waals surface area (Å²) in [6.45, 7) is 2.39. The summed E-state index contributed by atoms with van der Waals surface area (Å²) in [6, 6.07) is 4.85. The van der Waals surface area contributed by atoms with Crippen molar-refractivity contribution in [3.8, 4) is 0 Å². The van der Waals surface area contributed by atoms with Gasteiger partial charge in [0.05, 0.1) is 18.2 Å². The molecule has 6 heteroatoms. The Morgan fingerprint density at radius 3 is 2.38 bits per heavy atom. The summed E-state index contributed by atoms with van der Waals surface area (Å²) in [5.74, 6) is -0.126. The monoisotopic (exact) mass is 303 g/mol. The van der Waals surface area contributed by atoms with Crippen LogP contribution in [-0.4, -0.2) is 25.7 Å². The summed E-state index contributed by atoms with van der Waals surface area (Å²) < 4.78 is 42.2. The number of rotatable bonds is 7. The summed E-state index contributed by atoms with van der Waals surface area (Å²) >= 11 is 0. The Balaban J connectivity index is 2.46. The number of nitrogens with one attached hydrogen (secondary N) is 1. The number of halogens is 3. The van der Waals surface area contributed by atoms with Gasteiger partial charge in [0.15, 0.2) is 0 Å². The van der Waals surface area contributed by atoms with Crippen molar-refractivity contribution in [1.82, 2.24) is 5.32 Å². The van der Waals surface area contributed by atoms with Gasteiger partial charge in [-0.1, -0.05) is 19.1 Å². The summed E-state index contributed by atoms with van der Waals surface area (Å²) in [5.41, 5.74) is 0.0276. The fraction of sp³-hybridized carbons (Fsp3) is 0.533. The number of hydrogen-bond acceptors (Lipinski definition) is 2. The SMILES string of the molecule is CC[C@@H](COC)NC(=O)CCc1ccc(C(F)(F)F)cc1. The molecular weight excluding hydrogens is 283 g/mol. The molecule has 21 heavy (non-hydrogen) atoms. The van der Waals surface area contributed by atoms with Crippen molar-refractivity contribution in [2.45, 2.75) is 38.4 Å². The van der Waals surface area contributed by atoms with Crippen molar-refractivity contribution in [3.05, 3.63) is 35.4 Å². The predicted octanol–water partition coefficient (Wildman–Crippen LogP) is 3.18. The maximum atomic E-state index is 12.4. The van der Waals surface area contributed by atoms with Crippen molar-refractivity contribution < 1.29 is 22.7 Å². The molecule has 0 aliphatic heterocycles. The Morgan fingerprint density at radius 1 is 1.29 bits per heavy atom. The van der Waals surface area contributed by atoms with Gasteiger partial charge in [0.1, 0.15) is 0 Å². The van der Waals surface area contributed by atoms with Crippen LogP contribution in [0, 0.1) is 0 Å². The lowest BCUT2D eigenvalue weighted by Gasteiger charge is -2.15. The van der Waals surface area contributed by atoms with E-state index in [0.717, 1.165) is 18.6 Å². The minimum atomic E-state index is -4.33. The molecule has 0 heterocycles. The van der Waals surface area contributed by atoms with E-state index in [2.05, 4.69) is 5.32 Å². The number of carbonyl (C=O) groups is 1. The minimum Gasteiger partial charge on any atom is -0.383 e. The van der Waals surface area contributed by atoms with Crippen LogP contribution in [0.4, 0.5) is 13.2 Å². The molecule has 0 aliphatic carbocycles. The van der Waals surface area contributed by atoms with Crippen LogP contribution < -0.4 is 5.32 Å². The highest BCUT2D eigenvalue weighted by atomic mass is 19.4. The normalized spacial score (nSPS) is 13.0. The third-order valence-electron chi connectivity index (χ3n) is 3.15. The first-order chi connectivity index (χ1) is 9.86. The Labute approximate surface area is 122 Å². The first kappa shape index (κ1) is 17.5. The smallest absolute Gasteiger partial charge is 0.383 e. The van der Waals surface area contributed by atoms with Crippen LogP contribution in [-0.2, 0) is 22.1 Å². The van der Waals surface area contributed by atoms with Gasteiger partial charge in [0.25, 0.3) is 0 Å². The zero-order valence-electron chi connectivity index (χ0n) is 12.2. The number of amides is 1. The lowest BCUT2D eigenvalue weighted by molar-refractivity contribution is -0.137. The van der Waals surface area contributed by atoms with Crippen LogP contribution in [0.1, 0.15) is 30.9 Å². The van der Waals surface area contributed by atoms with Gasteiger partial charge in [0.2, 0.25) is 5.91 Å². The number of carbonyl (C=O) groups excluding carboxylic acids is 1. The highest BCUT2D eigenvalue weighted by Gasteiger charge is 2.29. The molecule has 0 aromatic heterocycles. The summed E-state index contributed by atoms with van der Waals surface area (Å²) in [5, 5.41) is 2.83. The van der Waals surface area contributed by atoms with Crippen LogP contribution in [0.25, 0.3) is 0 Å². The minimum absolute atomic E-state index is 0.0323. The van der Waals surface area contributed by atoms with Crippen molar-refractivity contribution >= 4 is 5.91 Å². The molecule has 0 unspecified atom stereocenters. The molecule has 1 N–H and O–H groups in total. The third kappa shape index (κ3) is 6.16. The van der Waals surface area contributed by atoms with E-state index in [0.29, 0.717) is 18.6 Å². The Morgan fingerprint density at radius 2 is 1.90 bits per heavy atom. The van der Waals surface area contributed by atoms with Crippen molar-refractivity contribution in [2.75, 3.05) is 13.7 Å². The second-order valence-corrected chi connectivity index (χ2v) is 4.82.